The lowest BCUT2D eigenvalue weighted by molar-refractivity contribution is -0.120. The summed E-state index contributed by atoms with van der Waals surface area (Å²) in [5, 5.41) is 0. The van der Waals surface area contributed by atoms with Crippen LogP contribution >= 0.6 is 11.3 Å². The zero-order valence-electron chi connectivity index (χ0n) is 16.4. The number of ether oxygens (including phenoxy) is 2. The highest BCUT2D eigenvalue weighted by Crippen LogP contribution is 2.20. The Labute approximate surface area is 172 Å². The Kier molecular flexibility index (Phi) is 6.61. The molecule has 0 saturated carbocycles. The van der Waals surface area contributed by atoms with Gasteiger partial charge >= 0.3 is 5.97 Å². The number of hydrogen-bond donors (Lipinski definition) is 0. The number of benzene rings is 2. The van der Waals surface area contributed by atoms with Gasteiger partial charge in [-0.05, 0) is 49.7 Å². The maximum atomic E-state index is 12.4. The Hall–Kier alpha value is -3.19. The monoisotopic (exact) mass is 410 g/mol. The van der Waals surface area contributed by atoms with Crippen molar-refractivity contribution in [1.29, 1.82) is 0 Å². The summed E-state index contributed by atoms with van der Waals surface area (Å²) in [6.45, 7) is 8.15. The van der Waals surface area contributed by atoms with Crippen LogP contribution in [0.1, 0.15) is 22.8 Å². The molecule has 0 radical (unpaired) electrons. The number of esters is 1. The summed E-state index contributed by atoms with van der Waals surface area (Å²) in [5.41, 5.74) is 2.39. The van der Waals surface area contributed by atoms with E-state index in [1.807, 2.05) is 35.8 Å². The lowest BCUT2D eigenvalue weighted by Gasteiger charge is -2.04. The Bertz CT molecular complexity index is 1130. The number of nitrogens with zero attached hydrogens (tertiary/aromatic N) is 2. The van der Waals surface area contributed by atoms with Gasteiger partial charge in [-0.3, -0.25) is 4.79 Å². The lowest BCUT2D eigenvalue weighted by Crippen LogP contribution is -2.19. The van der Waals surface area contributed by atoms with Crippen LogP contribution in [0.3, 0.4) is 0 Å². The van der Waals surface area contributed by atoms with Crippen molar-refractivity contribution in [3.05, 3.63) is 71.0 Å². The van der Waals surface area contributed by atoms with E-state index in [2.05, 4.69) is 11.6 Å². The third-order valence-electron chi connectivity index (χ3n) is 4.08. The molecule has 0 fully saturated rings. The summed E-state index contributed by atoms with van der Waals surface area (Å²) in [6, 6.07) is 12.8. The number of aryl methyl sites for hydroxylation is 1. The van der Waals surface area contributed by atoms with Crippen molar-refractivity contribution in [3.63, 3.8) is 0 Å². The maximum Gasteiger partial charge on any atom is 0.338 e. The summed E-state index contributed by atoms with van der Waals surface area (Å²) in [7, 11) is 0. The van der Waals surface area contributed by atoms with Gasteiger partial charge in [0, 0.05) is 6.54 Å². The third-order valence-corrected chi connectivity index (χ3v) is 5.12. The van der Waals surface area contributed by atoms with E-state index in [4.69, 9.17) is 9.47 Å². The average molecular weight is 410 g/mol. The van der Waals surface area contributed by atoms with E-state index in [1.165, 1.54) is 11.3 Å². The maximum absolute atomic E-state index is 12.4. The summed E-state index contributed by atoms with van der Waals surface area (Å²) in [6.07, 6.45) is 1.73. The number of aromatic nitrogens is 1. The molecule has 29 heavy (non-hydrogen) atoms. The number of amides is 1. The van der Waals surface area contributed by atoms with E-state index in [0.717, 1.165) is 15.8 Å². The predicted octanol–water partition coefficient (Wildman–Crippen LogP) is 3.88. The fourth-order valence-corrected chi connectivity index (χ4v) is 3.89. The molecule has 2 aromatic carbocycles. The molecule has 0 bridgehead atoms. The van der Waals surface area contributed by atoms with Gasteiger partial charge in [-0.1, -0.05) is 29.5 Å². The zero-order valence-corrected chi connectivity index (χ0v) is 17.2. The first-order valence-electron chi connectivity index (χ1n) is 9.20. The molecule has 6 nitrogen and oxygen atoms in total. The first kappa shape index (κ1) is 20.5. The molecule has 3 aromatic rings. The summed E-state index contributed by atoms with van der Waals surface area (Å²) in [5.74, 6) is -0.136. The van der Waals surface area contributed by atoms with Gasteiger partial charge in [-0.25, -0.2) is 4.79 Å². The first-order chi connectivity index (χ1) is 14.0. The molecule has 0 aliphatic rings. The minimum Gasteiger partial charge on any atom is -0.484 e. The molecule has 3 rings (SSSR count). The summed E-state index contributed by atoms with van der Waals surface area (Å²) < 4.78 is 13.3. The Balaban J connectivity index is 1.89. The van der Waals surface area contributed by atoms with Crippen LogP contribution in [0.4, 0.5) is 0 Å². The van der Waals surface area contributed by atoms with Crippen LogP contribution in [0.15, 0.2) is 60.1 Å². The molecular weight excluding hydrogens is 388 g/mol. The van der Waals surface area contributed by atoms with Crippen LogP contribution in [-0.2, 0) is 16.1 Å². The normalized spacial score (nSPS) is 11.4. The van der Waals surface area contributed by atoms with Gasteiger partial charge in [0.15, 0.2) is 11.4 Å². The highest BCUT2D eigenvalue weighted by molar-refractivity contribution is 7.16. The van der Waals surface area contributed by atoms with Gasteiger partial charge in [0.1, 0.15) is 5.75 Å². The lowest BCUT2D eigenvalue weighted by atomic mass is 10.2. The number of hydrogen-bond acceptors (Lipinski definition) is 5. The Morgan fingerprint density at radius 1 is 1.24 bits per heavy atom. The second-order valence-corrected chi connectivity index (χ2v) is 7.31. The van der Waals surface area contributed by atoms with Gasteiger partial charge in [0.05, 0.1) is 22.4 Å². The van der Waals surface area contributed by atoms with Gasteiger partial charge in [-0.15, -0.1) is 6.58 Å². The van der Waals surface area contributed by atoms with Crippen LogP contribution in [0.5, 0.6) is 5.75 Å². The Morgan fingerprint density at radius 3 is 2.79 bits per heavy atom. The van der Waals surface area contributed by atoms with Gasteiger partial charge in [0.25, 0.3) is 5.91 Å². The third kappa shape index (κ3) is 5.00. The largest absolute Gasteiger partial charge is 0.484 e. The number of carbonyl (C=O) groups is 2. The molecule has 0 aliphatic carbocycles. The summed E-state index contributed by atoms with van der Waals surface area (Å²) >= 11 is 1.33. The molecule has 0 atom stereocenters. The second-order valence-electron chi connectivity index (χ2n) is 6.30. The van der Waals surface area contributed by atoms with E-state index in [-0.39, 0.29) is 18.5 Å². The van der Waals surface area contributed by atoms with E-state index in [1.54, 1.807) is 31.2 Å². The van der Waals surface area contributed by atoms with Crippen molar-refractivity contribution in [2.45, 2.75) is 20.4 Å². The predicted molar refractivity (Wildman–Crippen MR) is 113 cm³/mol. The highest BCUT2D eigenvalue weighted by Gasteiger charge is 2.12. The standard InChI is InChI=1S/C22H22N2O4S/c1-4-11-24-18-10-9-16(21(26)27-5-2)13-19(18)29-22(24)23-20(25)14-28-17-8-6-7-15(3)12-17/h4,6-10,12-13H,1,5,11,14H2,2-3H3. The minimum atomic E-state index is -0.388. The zero-order chi connectivity index (χ0) is 20.8. The number of allylic oxidation sites excluding steroid dienone is 1. The summed E-state index contributed by atoms with van der Waals surface area (Å²) in [4.78, 5) is 29.1. The molecule has 0 aliphatic heterocycles. The molecule has 0 N–H and O–H groups in total. The van der Waals surface area contributed by atoms with Gasteiger partial charge in [-0.2, -0.15) is 4.99 Å². The molecule has 7 heteroatoms. The quantitative estimate of drug-likeness (QED) is 0.438. The van der Waals surface area contributed by atoms with Crippen molar-refractivity contribution >= 4 is 33.4 Å². The van der Waals surface area contributed by atoms with Crippen molar-refractivity contribution in [2.24, 2.45) is 4.99 Å². The number of thiazole rings is 1. The molecule has 1 amide bonds. The van der Waals surface area contributed by atoms with Gasteiger partial charge < -0.3 is 14.0 Å². The second kappa shape index (κ2) is 9.34. The van der Waals surface area contributed by atoms with Gasteiger partial charge in [0.2, 0.25) is 0 Å². The smallest absolute Gasteiger partial charge is 0.338 e. The van der Waals surface area contributed by atoms with Crippen molar-refractivity contribution in [2.75, 3.05) is 13.2 Å². The molecule has 150 valence electrons. The Morgan fingerprint density at radius 2 is 2.07 bits per heavy atom. The minimum absolute atomic E-state index is 0.153. The highest BCUT2D eigenvalue weighted by atomic mass is 32.1. The number of fused-ring (bicyclic) bond motifs is 1. The van der Waals surface area contributed by atoms with Crippen molar-refractivity contribution in [3.8, 4) is 5.75 Å². The van der Waals surface area contributed by atoms with E-state index >= 15 is 0 Å². The van der Waals surface area contributed by atoms with Crippen molar-refractivity contribution < 1.29 is 19.1 Å². The molecule has 0 unspecified atom stereocenters. The number of rotatable bonds is 7. The van der Waals surface area contributed by atoms with Crippen LogP contribution in [0.2, 0.25) is 0 Å². The SMILES string of the molecule is C=CCn1c(=NC(=O)COc2cccc(C)c2)sc2cc(C(=O)OCC)ccc21. The van der Waals surface area contributed by atoms with Crippen LogP contribution in [0.25, 0.3) is 10.2 Å². The molecule has 1 heterocycles. The van der Waals surface area contributed by atoms with E-state index in [9.17, 15) is 9.59 Å². The fraction of sp³-hybridized carbons (Fsp3) is 0.227. The number of carbonyl (C=O) groups excluding carboxylic acids is 2. The first-order valence-corrected chi connectivity index (χ1v) is 10.0. The topological polar surface area (TPSA) is 69.9 Å². The van der Waals surface area contributed by atoms with Crippen molar-refractivity contribution in [1.82, 2.24) is 4.57 Å². The molecule has 0 spiro atoms. The molecule has 0 saturated heterocycles. The fourth-order valence-electron chi connectivity index (χ4n) is 2.79. The van der Waals surface area contributed by atoms with E-state index < -0.39 is 0 Å². The van der Waals surface area contributed by atoms with E-state index in [0.29, 0.717) is 29.3 Å². The molecular formula is C22H22N2O4S. The molecule has 1 aromatic heterocycles. The van der Waals surface area contributed by atoms with Crippen LogP contribution < -0.4 is 9.54 Å². The average Bonchev–Trinajstić information content (AvgIpc) is 3.03. The van der Waals surface area contributed by atoms with Crippen LogP contribution in [-0.4, -0.2) is 29.7 Å². The van der Waals surface area contributed by atoms with Crippen LogP contribution in [0, 0.1) is 6.92 Å².